The molecule has 0 aliphatic carbocycles. The number of ether oxygens (including phenoxy) is 1. The van der Waals surface area contributed by atoms with Crippen molar-refractivity contribution in [1.82, 2.24) is 14.9 Å². The summed E-state index contributed by atoms with van der Waals surface area (Å²) in [5.41, 5.74) is 0.622. The van der Waals surface area contributed by atoms with Crippen LogP contribution in [-0.4, -0.2) is 52.4 Å². The smallest absolute Gasteiger partial charge is 0.316 e. The molecule has 0 N–H and O–H groups in total. The maximum atomic E-state index is 13.1. The van der Waals surface area contributed by atoms with Crippen molar-refractivity contribution in [2.24, 2.45) is 5.92 Å². The number of hydrogen-bond donors (Lipinski definition) is 0. The number of piperidine rings is 1. The van der Waals surface area contributed by atoms with Crippen LogP contribution >= 0.6 is 0 Å². The molecule has 1 atom stereocenters. The molecule has 1 aromatic carbocycles. The van der Waals surface area contributed by atoms with Gasteiger partial charge in [0.1, 0.15) is 11.9 Å². The van der Waals surface area contributed by atoms with Gasteiger partial charge >= 0.3 is 6.01 Å². The topological polar surface area (TPSA) is 75.6 Å². The van der Waals surface area contributed by atoms with E-state index in [4.69, 9.17) is 4.74 Å². The van der Waals surface area contributed by atoms with Crippen LogP contribution in [0.1, 0.15) is 19.3 Å². The first kappa shape index (κ1) is 18.3. The minimum atomic E-state index is -0.368. The molecule has 146 valence electrons. The second-order valence-corrected chi connectivity index (χ2v) is 7.06. The van der Waals surface area contributed by atoms with Crippen molar-refractivity contribution in [3.8, 4) is 6.01 Å². The molecule has 0 spiro atoms. The molecule has 28 heavy (non-hydrogen) atoms. The summed E-state index contributed by atoms with van der Waals surface area (Å²) in [5.74, 6) is -0.835. The lowest BCUT2D eigenvalue weighted by molar-refractivity contribution is -0.137. The highest BCUT2D eigenvalue weighted by molar-refractivity contribution is 6.00. The third kappa shape index (κ3) is 3.95. The van der Waals surface area contributed by atoms with Gasteiger partial charge in [-0.25, -0.2) is 14.4 Å². The number of anilines is 1. The van der Waals surface area contributed by atoms with E-state index in [1.165, 1.54) is 12.1 Å². The van der Waals surface area contributed by atoms with Crippen LogP contribution in [0, 0.1) is 11.7 Å². The molecule has 2 aliphatic rings. The maximum absolute atomic E-state index is 13.1. The molecule has 4 rings (SSSR count). The van der Waals surface area contributed by atoms with Crippen LogP contribution in [0.2, 0.25) is 0 Å². The number of likely N-dealkylation sites (tertiary alicyclic amines) is 1. The summed E-state index contributed by atoms with van der Waals surface area (Å²) >= 11 is 0. The molecule has 0 radical (unpaired) electrons. The van der Waals surface area contributed by atoms with Crippen LogP contribution < -0.4 is 9.64 Å². The van der Waals surface area contributed by atoms with E-state index in [9.17, 15) is 14.0 Å². The third-order valence-electron chi connectivity index (χ3n) is 5.18. The number of amides is 2. The fourth-order valence-corrected chi connectivity index (χ4v) is 3.69. The normalized spacial score (nSPS) is 20.5. The molecule has 2 aromatic rings. The van der Waals surface area contributed by atoms with E-state index in [0.29, 0.717) is 44.2 Å². The second-order valence-electron chi connectivity index (χ2n) is 7.06. The minimum Gasteiger partial charge on any atom is -0.460 e. The lowest BCUT2D eigenvalue weighted by Gasteiger charge is -2.33. The van der Waals surface area contributed by atoms with Crippen LogP contribution in [-0.2, 0) is 9.59 Å². The van der Waals surface area contributed by atoms with Crippen molar-refractivity contribution in [2.45, 2.75) is 25.4 Å². The summed E-state index contributed by atoms with van der Waals surface area (Å²) in [4.78, 5) is 36.7. The summed E-state index contributed by atoms with van der Waals surface area (Å²) in [6.45, 7) is 1.49. The summed E-state index contributed by atoms with van der Waals surface area (Å²) in [6.07, 6.45) is 4.83. The molecule has 2 aliphatic heterocycles. The fourth-order valence-electron chi connectivity index (χ4n) is 3.69. The number of carbonyl (C=O) groups is 2. The molecule has 1 unspecified atom stereocenters. The standard InChI is InChI=1S/C20H21FN4O3/c21-15-2-4-16(5-3-15)25-13-14(12-18(25)26)19(27)24-10-6-17(7-11-24)28-20-22-8-1-9-23-20/h1-5,8-9,14,17H,6-7,10-13H2. The SMILES string of the molecule is O=C(C1CC(=O)N(c2ccc(F)cc2)C1)N1CCC(Oc2ncccn2)CC1. The second kappa shape index (κ2) is 7.92. The van der Waals surface area contributed by atoms with Crippen LogP contribution in [0.15, 0.2) is 42.7 Å². The van der Waals surface area contributed by atoms with E-state index < -0.39 is 0 Å². The Bertz CT molecular complexity index is 838. The van der Waals surface area contributed by atoms with Crippen LogP contribution in [0.4, 0.5) is 10.1 Å². The van der Waals surface area contributed by atoms with Gasteiger partial charge < -0.3 is 14.5 Å². The Morgan fingerprint density at radius 2 is 1.79 bits per heavy atom. The largest absolute Gasteiger partial charge is 0.460 e. The van der Waals surface area contributed by atoms with E-state index in [1.807, 2.05) is 0 Å². The minimum absolute atomic E-state index is 0.00706. The predicted octanol–water partition coefficient (Wildman–Crippen LogP) is 2.04. The van der Waals surface area contributed by atoms with Crippen LogP contribution in [0.3, 0.4) is 0 Å². The first-order chi connectivity index (χ1) is 13.6. The highest BCUT2D eigenvalue weighted by Gasteiger charge is 2.38. The maximum Gasteiger partial charge on any atom is 0.316 e. The monoisotopic (exact) mass is 384 g/mol. The van der Waals surface area contributed by atoms with Crippen molar-refractivity contribution >= 4 is 17.5 Å². The molecule has 2 saturated heterocycles. The Balaban J connectivity index is 1.32. The molecule has 0 bridgehead atoms. The molecular formula is C20H21FN4O3. The number of halogens is 1. The van der Waals surface area contributed by atoms with Crippen molar-refractivity contribution in [1.29, 1.82) is 0 Å². The molecule has 8 heteroatoms. The first-order valence-corrected chi connectivity index (χ1v) is 9.38. The predicted molar refractivity (Wildman–Crippen MR) is 99.1 cm³/mol. The first-order valence-electron chi connectivity index (χ1n) is 9.38. The number of aromatic nitrogens is 2. The van der Waals surface area contributed by atoms with Crippen molar-refractivity contribution in [2.75, 3.05) is 24.5 Å². The Morgan fingerprint density at radius 3 is 2.46 bits per heavy atom. The van der Waals surface area contributed by atoms with Crippen LogP contribution in [0.5, 0.6) is 6.01 Å². The van der Waals surface area contributed by atoms with E-state index in [0.717, 1.165) is 0 Å². The van der Waals surface area contributed by atoms with Gasteiger partial charge in [-0.05, 0) is 30.3 Å². The summed E-state index contributed by atoms with van der Waals surface area (Å²) in [7, 11) is 0. The number of nitrogens with zero attached hydrogens (tertiary/aromatic N) is 4. The number of hydrogen-bond acceptors (Lipinski definition) is 5. The van der Waals surface area contributed by atoms with Crippen molar-refractivity contribution < 1.29 is 18.7 Å². The Labute approximate surface area is 162 Å². The van der Waals surface area contributed by atoms with Gasteiger partial charge in [0.05, 0.1) is 5.92 Å². The lowest BCUT2D eigenvalue weighted by atomic mass is 10.0. The van der Waals surface area contributed by atoms with E-state index in [2.05, 4.69) is 9.97 Å². The molecular weight excluding hydrogens is 363 g/mol. The zero-order valence-electron chi connectivity index (χ0n) is 15.3. The van der Waals surface area contributed by atoms with Crippen molar-refractivity contribution in [3.05, 3.63) is 48.5 Å². The zero-order chi connectivity index (χ0) is 19.5. The highest BCUT2D eigenvalue weighted by Crippen LogP contribution is 2.27. The highest BCUT2D eigenvalue weighted by atomic mass is 19.1. The molecule has 7 nitrogen and oxygen atoms in total. The molecule has 2 fully saturated rings. The third-order valence-corrected chi connectivity index (χ3v) is 5.18. The van der Waals surface area contributed by atoms with Gasteiger partial charge in [0.15, 0.2) is 0 Å². The Kier molecular flexibility index (Phi) is 5.18. The molecule has 0 saturated carbocycles. The summed E-state index contributed by atoms with van der Waals surface area (Å²) < 4.78 is 18.9. The average molecular weight is 384 g/mol. The van der Waals surface area contributed by atoms with Crippen LogP contribution in [0.25, 0.3) is 0 Å². The number of carbonyl (C=O) groups excluding carboxylic acids is 2. The van der Waals surface area contributed by atoms with Gasteiger partial charge in [0.25, 0.3) is 0 Å². The summed E-state index contributed by atoms with van der Waals surface area (Å²) in [6, 6.07) is 7.84. The molecule has 3 heterocycles. The molecule has 1 aromatic heterocycles. The molecule has 2 amide bonds. The van der Waals surface area contributed by atoms with E-state index in [1.54, 1.807) is 40.4 Å². The van der Waals surface area contributed by atoms with Crippen molar-refractivity contribution in [3.63, 3.8) is 0 Å². The Hall–Kier alpha value is -3.03. The number of benzene rings is 1. The van der Waals surface area contributed by atoms with Gasteiger partial charge in [0, 0.05) is 57.0 Å². The van der Waals surface area contributed by atoms with Gasteiger partial charge in [-0.15, -0.1) is 0 Å². The summed E-state index contributed by atoms with van der Waals surface area (Å²) in [5, 5.41) is 0. The lowest BCUT2D eigenvalue weighted by Crippen LogP contribution is -2.45. The van der Waals surface area contributed by atoms with Gasteiger partial charge in [-0.1, -0.05) is 0 Å². The van der Waals surface area contributed by atoms with E-state index >= 15 is 0 Å². The quantitative estimate of drug-likeness (QED) is 0.806. The average Bonchev–Trinajstić information content (AvgIpc) is 3.11. The fraction of sp³-hybridized carbons (Fsp3) is 0.400. The number of rotatable bonds is 4. The van der Waals surface area contributed by atoms with E-state index in [-0.39, 0.29) is 36.1 Å². The zero-order valence-corrected chi connectivity index (χ0v) is 15.3. The van der Waals surface area contributed by atoms with Gasteiger partial charge in [-0.3, -0.25) is 9.59 Å². The van der Waals surface area contributed by atoms with Gasteiger partial charge in [-0.2, -0.15) is 0 Å². The van der Waals surface area contributed by atoms with Gasteiger partial charge in [0.2, 0.25) is 11.8 Å². The Morgan fingerprint density at radius 1 is 1.11 bits per heavy atom.